The van der Waals surface area contributed by atoms with Crippen molar-refractivity contribution in [1.82, 2.24) is 0 Å². The Kier molecular flexibility index (Phi) is 4.66. The third-order valence-corrected chi connectivity index (χ3v) is 4.15. The summed E-state index contributed by atoms with van der Waals surface area (Å²) in [7, 11) is 1.33. The molecule has 0 bridgehead atoms. The minimum absolute atomic E-state index is 0.0178. The minimum atomic E-state index is -0.661. The molecule has 1 fully saturated rings. The van der Waals surface area contributed by atoms with E-state index >= 15 is 0 Å². The molecule has 21 heavy (non-hydrogen) atoms. The van der Waals surface area contributed by atoms with Crippen LogP contribution in [0, 0.1) is 12.8 Å². The van der Waals surface area contributed by atoms with E-state index in [1.807, 2.05) is 0 Å². The van der Waals surface area contributed by atoms with Crippen LogP contribution in [-0.2, 0) is 14.3 Å². The summed E-state index contributed by atoms with van der Waals surface area (Å²) < 4.78 is 4.75. The number of carbonyl (C=O) groups is 2. The predicted molar refractivity (Wildman–Crippen MR) is 82.6 cm³/mol. The Bertz CT molecular complexity index is 543. The lowest BCUT2D eigenvalue weighted by Crippen LogP contribution is -2.45. The molecule has 4 nitrogen and oxygen atoms in total. The van der Waals surface area contributed by atoms with Gasteiger partial charge in [0.25, 0.3) is 0 Å². The molecule has 0 unspecified atom stereocenters. The van der Waals surface area contributed by atoms with E-state index in [-0.39, 0.29) is 5.78 Å². The van der Waals surface area contributed by atoms with Gasteiger partial charge in [0, 0.05) is 25.2 Å². The highest BCUT2D eigenvalue weighted by molar-refractivity contribution is 6.00. The second-order valence-electron chi connectivity index (χ2n) is 5.94. The normalized spacial score (nSPS) is 19.0. The van der Waals surface area contributed by atoms with Gasteiger partial charge in [-0.2, -0.15) is 0 Å². The molecule has 1 aliphatic rings. The highest BCUT2D eigenvalue weighted by atomic mass is 16.5. The highest BCUT2D eigenvalue weighted by Gasteiger charge is 2.34. The van der Waals surface area contributed by atoms with Gasteiger partial charge in [-0.15, -0.1) is 0 Å². The lowest BCUT2D eigenvalue weighted by Gasteiger charge is -2.33. The van der Waals surface area contributed by atoms with Gasteiger partial charge in [0.2, 0.25) is 0 Å². The molecule has 0 amide bonds. The van der Waals surface area contributed by atoms with Crippen LogP contribution in [0.2, 0.25) is 0 Å². The Morgan fingerprint density at radius 1 is 1.38 bits per heavy atom. The van der Waals surface area contributed by atoms with Crippen LogP contribution in [0.4, 0.5) is 5.69 Å². The Labute approximate surface area is 126 Å². The van der Waals surface area contributed by atoms with E-state index < -0.39 is 11.9 Å². The van der Waals surface area contributed by atoms with Crippen LogP contribution in [0.1, 0.15) is 37.3 Å². The van der Waals surface area contributed by atoms with Crippen LogP contribution in [0.15, 0.2) is 18.2 Å². The number of carbonyl (C=O) groups excluding carboxylic acids is 2. The zero-order valence-corrected chi connectivity index (χ0v) is 13.2. The largest absolute Gasteiger partial charge is 0.468 e. The summed E-state index contributed by atoms with van der Waals surface area (Å²) in [5.74, 6) is -0.656. The van der Waals surface area contributed by atoms with Gasteiger partial charge >= 0.3 is 5.97 Å². The van der Waals surface area contributed by atoms with Gasteiger partial charge in [0.1, 0.15) is 5.92 Å². The molecule has 4 heteroatoms. The molecule has 0 N–H and O–H groups in total. The quantitative estimate of drug-likeness (QED) is 0.634. The summed E-state index contributed by atoms with van der Waals surface area (Å²) in [4.78, 5) is 25.8. The maximum Gasteiger partial charge on any atom is 0.318 e. The molecular formula is C17H23NO3. The molecule has 1 heterocycles. The van der Waals surface area contributed by atoms with Crippen LogP contribution >= 0.6 is 0 Å². The van der Waals surface area contributed by atoms with Gasteiger partial charge in [0.05, 0.1) is 7.11 Å². The predicted octanol–water partition coefficient (Wildman–Crippen LogP) is 2.69. The van der Waals surface area contributed by atoms with Gasteiger partial charge in [-0.1, -0.05) is 26.0 Å². The van der Waals surface area contributed by atoms with Gasteiger partial charge in [-0.25, -0.2) is 0 Å². The first-order valence-corrected chi connectivity index (χ1v) is 7.40. The van der Waals surface area contributed by atoms with Crippen molar-refractivity contribution in [2.45, 2.75) is 33.1 Å². The number of methoxy groups -OCH3 is 1. The summed E-state index contributed by atoms with van der Waals surface area (Å²) in [5, 5.41) is 0. The fraction of sp³-hybridized carbons (Fsp3) is 0.529. The van der Waals surface area contributed by atoms with Crippen LogP contribution < -0.4 is 4.90 Å². The number of piperidine rings is 1. The maximum atomic E-state index is 11.9. The number of hydrogen-bond acceptors (Lipinski definition) is 4. The van der Waals surface area contributed by atoms with E-state index in [0.29, 0.717) is 25.4 Å². The maximum absolute atomic E-state index is 11.9. The number of aryl methyl sites for hydroxylation is 1. The lowest BCUT2D eigenvalue weighted by molar-refractivity contribution is -0.149. The fourth-order valence-corrected chi connectivity index (χ4v) is 2.73. The summed E-state index contributed by atoms with van der Waals surface area (Å²) >= 11 is 0. The van der Waals surface area contributed by atoms with Gasteiger partial charge in [-0.3, -0.25) is 9.59 Å². The molecule has 0 saturated carbocycles. The second kappa shape index (κ2) is 6.29. The van der Waals surface area contributed by atoms with E-state index in [9.17, 15) is 9.59 Å². The first kappa shape index (κ1) is 15.5. The van der Waals surface area contributed by atoms with Crippen molar-refractivity contribution in [2.24, 2.45) is 5.92 Å². The average Bonchev–Trinajstić information content (AvgIpc) is 2.47. The van der Waals surface area contributed by atoms with E-state index in [4.69, 9.17) is 4.74 Å². The van der Waals surface area contributed by atoms with Crippen LogP contribution in [0.25, 0.3) is 0 Å². The van der Waals surface area contributed by atoms with Gasteiger partial charge in [-0.05, 0) is 30.0 Å². The minimum Gasteiger partial charge on any atom is -0.468 e. The Morgan fingerprint density at radius 3 is 2.71 bits per heavy atom. The van der Waals surface area contributed by atoms with Crippen molar-refractivity contribution >= 4 is 17.4 Å². The lowest BCUT2D eigenvalue weighted by atomic mass is 9.94. The highest BCUT2D eigenvalue weighted by Crippen LogP contribution is 2.28. The molecule has 0 aromatic heterocycles. The Hall–Kier alpha value is -1.84. The zero-order valence-electron chi connectivity index (χ0n) is 13.2. The third-order valence-electron chi connectivity index (χ3n) is 4.15. The number of anilines is 1. The molecule has 0 spiro atoms. The number of ketones is 1. The van der Waals surface area contributed by atoms with Crippen LogP contribution in [-0.4, -0.2) is 32.0 Å². The molecule has 0 aliphatic carbocycles. The van der Waals surface area contributed by atoms with Crippen molar-refractivity contribution in [1.29, 1.82) is 0 Å². The Balaban J connectivity index is 2.27. The number of benzene rings is 1. The standard InChI is InChI=1S/C17H23NO3/c1-11(2)13-6-5-12(3)15(9-13)18-8-7-16(19)14(10-18)17(20)21-4/h5-6,9,11,14H,7-8,10H2,1-4H3/t14-/m0/s1. The van der Waals surface area contributed by atoms with Crippen molar-refractivity contribution in [3.05, 3.63) is 29.3 Å². The first-order valence-electron chi connectivity index (χ1n) is 7.40. The number of ether oxygens (including phenoxy) is 1. The molecule has 0 radical (unpaired) electrons. The summed E-state index contributed by atoms with van der Waals surface area (Å²) in [6.07, 6.45) is 0.394. The summed E-state index contributed by atoms with van der Waals surface area (Å²) in [5.41, 5.74) is 3.54. The average molecular weight is 289 g/mol. The molecule has 2 rings (SSSR count). The van der Waals surface area contributed by atoms with Gasteiger partial charge in [0.15, 0.2) is 5.78 Å². The molecule has 1 atom stereocenters. The summed E-state index contributed by atoms with van der Waals surface area (Å²) in [6.45, 7) is 7.45. The zero-order chi connectivity index (χ0) is 15.6. The molecule has 114 valence electrons. The topological polar surface area (TPSA) is 46.6 Å². The van der Waals surface area contributed by atoms with Crippen molar-refractivity contribution < 1.29 is 14.3 Å². The number of nitrogens with zero attached hydrogens (tertiary/aromatic N) is 1. The fourth-order valence-electron chi connectivity index (χ4n) is 2.73. The first-order chi connectivity index (χ1) is 9.93. The molecule has 1 saturated heterocycles. The second-order valence-corrected chi connectivity index (χ2v) is 5.94. The Morgan fingerprint density at radius 2 is 2.10 bits per heavy atom. The van der Waals surface area contributed by atoms with E-state index in [1.165, 1.54) is 12.7 Å². The van der Waals surface area contributed by atoms with Crippen LogP contribution in [0.3, 0.4) is 0 Å². The van der Waals surface area contributed by atoms with Crippen molar-refractivity contribution in [3.8, 4) is 0 Å². The van der Waals surface area contributed by atoms with Crippen molar-refractivity contribution in [2.75, 3.05) is 25.1 Å². The van der Waals surface area contributed by atoms with Gasteiger partial charge < -0.3 is 9.64 Å². The third kappa shape index (κ3) is 3.26. The van der Waals surface area contributed by atoms with Crippen molar-refractivity contribution in [3.63, 3.8) is 0 Å². The monoisotopic (exact) mass is 289 g/mol. The van der Waals surface area contributed by atoms with E-state index in [0.717, 1.165) is 11.3 Å². The molecular weight excluding hydrogens is 266 g/mol. The number of rotatable bonds is 3. The molecule has 1 aromatic rings. The number of hydrogen-bond donors (Lipinski definition) is 0. The number of esters is 1. The smallest absolute Gasteiger partial charge is 0.318 e. The molecule has 1 aromatic carbocycles. The van der Waals surface area contributed by atoms with Crippen LogP contribution in [0.5, 0.6) is 0 Å². The van der Waals surface area contributed by atoms with E-state index in [2.05, 4.69) is 43.9 Å². The number of Topliss-reactive ketones (excluding diaryl/α,β-unsaturated/α-hetero) is 1. The molecule has 1 aliphatic heterocycles. The summed E-state index contributed by atoms with van der Waals surface area (Å²) in [6, 6.07) is 6.41. The SMILES string of the molecule is COC(=O)[C@H]1CN(c2cc(C(C)C)ccc2C)CCC1=O. The van der Waals surface area contributed by atoms with E-state index in [1.54, 1.807) is 0 Å².